The van der Waals surface area contributed by atoms with E-state index < -0.39 is 0 Å². The summed E-state index contributed by atoms with van der Waals surface area (Å²) >= 11 is 6.36. The van der Waals surface area contributed by atoms with Gasteiger partial charge in [-0.15, -0.1) is 5.10 Å². The maximum Gasteiger partial charge on any atom is 0.234 e. The lowest BCUT2D eigenvalue weighted by molar-refractivity contribution is -0.124. The van der Waals surface area contributed by atoms with Gasteiger partial charge in [-0.2, -0.15) is 5.01 Å². The summed E-state index contributed by atoms with van der Waals surface area (Å²) in [6.07, 6.45) is 0.595. The van der Waals surface area contributed by atoms with Crippen LogP contribution in [-0.2, 0) is 16.1 Å². The fourth-order valence-corrected chi connectivity index (χ4v) is 2.91. The second kappa shape index (κ2) is 11.5. The predicted molar refractivity (Wildman–Crippen MR) is 135 cm³/mol. The fourth-order valence-electron chi connectivity index (χ4n) is 2.70. The van der Waals surface area contributed by atoms with Crippen LogP contribution in [0.5, 0.6) is 0 Å². The van der Waals surface area contributed by atoms with Crippen LogP contribution in [0.1, 0.15) is 51.3 Å². The first-order valence-electron chi connectivity index (χ1n) is 10.7. The molecule has 0 unspecified atom stereocenters. The molecule has 33 heavy (non-hydrogen) atoms. The quantitative estimate of drug-likeness (QED) is 0.206. The summed E-state index contributed by atoms with van der Waals surface area (Å²) in [6.45, 7) is 10.2. The standard InChI is InChI=1S/C26H31ClN4O2/c1-18(2)25(33)29-16-20-9-12-22(27)23(15-20)31(17-32)30-24(28-6)21-10-7-19(8-11-21)13-14-26(3,4)5/h7-12,15,17-18H,16H2,1-6H3,(H,28,30)(H,29,33). The van der Waals surface area contributed by atoms with Crippen LogP contribution in [0.3, 0.4) is 0 Å². The zero-order valence-corrected chi connectivity index (χ0v) is 20.7. The Morgan fingerprint density at radius 2 is 1.85 bits per heavy atom. The molecule has 0 fully saturated rings. The lowest BCUT2D eigenvalue weighted by Crippen LogP contribution is -2.27. The van der Waals surface area contributed by atoms with Gasteiger partial charge in [0.15, 0.2) is 5.84 Å². The number of nitrogens with zero attached hydrogens (tertiary/aromatic N) is 2. The predicted octanol–water partition coefficient (Wildman–Crippen LogP) is 4.55. The summed E-state index contributed by atoms with van der Waals surface area (Å²) in [4.78, 5) is 23.8. The summed E-state index contributed by atoms with van der Waals surface area (Å²) in [7, 11) is 1.73. The minimum Gasteiger partial charge on any atom is -0.371 e. The van der Waals surface area contributed by atoms with Crippen molar-refractivity contribution in [2.45, 2.75) is 41.2 Å². The Labute approximate surface area is 201 Å². The highest BCUT2D eigenvalue weighted by atomic mass is 35.5. The molecule has 0 saturated heterocycles. The third kappa shape index (κ3) is 7.96. The molecule has 7 heteroatoms. The summed E-state index contributed by atoms with van der Waals surface area (Å²) in [5, 5.41) is 11.9. The zero-order valence-electron chi connectivity index (χ0n) is 20.0. The highest BCUT2D eigenvalue weighted by Crippen LogP contribution is 2.27. The van der Waals surface area contributed by atoms with Crippen molar-refractivity contribution >= 4 is 35.4 Å². The van der Waals surface area contributed by atoms with Gasteiger partial charge in [0.05, 0.1) is 10.7 Å². The minimum absolute atomic E-state index is 0.0510. The second-order valence-corrected chi connectivity index (χ2v) is 9.29. The van der Waals surface area contributed by atoms with Gasteiger partial charge < -0.3 is 10.6 Å². The smallest absolute Gasteiger partial charge is 0.234 e. The molecule has 0 aromatic heterocycles. The number of hydrazone groups is 1. The summed E-state index contributed by atoms with van der Waals surface area (Å²) < 4.78 is 0. The fraction of sp³-hybridized carbons (Fsp3) is 0.346. The van der Waals surface area contributed by atoms with Gasteiger partial charge in [0.25, 0.3) is 0 Å². The Hall–Kier alpha value is -3.30. The first-order valence-corrected chi connectivity index (χ1v) is 11.1. The van der Waals surface area contributed by atoms with Crippen LogP contribution < -0.4 is 15.6 Å². The first kappa shape index (κ1) is 26.0. The lowest BCUT2D eigenvalue weighted by Gasteiger charge is -2.17. The van der Waals surface area contributed by atoms with Crippen molar-refractivity contribution in [3.8, 4) is 11.8 Å². The van der Waals surface area contributed by atoms with Gasteiger partial charge in [0.2, 0.25) is 12.3 Å². The van der Waals surface area contributed by atoms with Gasteiger partial charge >= 0.3 is 0 Å². The highest BCUT2D eigenvalue weighted by molar-refractivity contribution is 6.33. The first-order chi connectivity index (χ1) is 15.5. The van der Waals surface area contributed by atoms with Crippen LogP contribution in [0.15, 0.2) is 47.6 Å². The number of benzene rings is 2. The van der Waals surface area contributed by atoms with Crippen molar-refractivity contribution in [2.75, 3.05) is 12.1 Å². The number of amides is 2. The van der Waals surface area contributed by atoms with Gasteiger partial charge in [-0.3, -0.25) is 9.59 Å². The number of carbonyl (C=O) groups is 2. The molecule has 2 N–H and O–H groups in total. The number of carbonyl (C=O) groups excluding carboxylic acids is 2. The van der Waals surface area contributed by atoms with E-state index in [4.69, 9.17) is 11.6 Å². The Kier molecular flexibility index (Phi) is 9.07. The summed E-state index contributed by atoms with van der Waals surface area (Å²) in [6, 6.07) is 12.8. The normalized spacial score (nSPS) is 11.5. The Bertz CT molecular complexity index is 1070. The molecule has 2 rings (SSSR count). The average molecular weight is 467 g/mol. The van der Waals surface area contributed by atoms with E-state index in [1.165, 1.54) is 5.01 Å². The van der Waals surface area contributed by atoms with E-state index in [-0.39, 0.29) is 17.2 Å². The number of hydrogen-bond donors (Lipinski definition) is 2. The van der Waals surface area contributed by atoms with Crippen LogP contribution >= 0.6 is 11.6 Å². The summed E-state index contributed by atoms with van der Waals surface area (Å²) in [5.74, 6) is 6.70. The number of nitrogens with one attached hydrogen (secondary N) is 2. The van der Waals surface area contributed by atoms with Crippen molar-refractivity contribution in [1.82, 2.24) is 10.6 Å². The van der Waals surface area contributed by atoms with Crippen LogP contribution in [0.4, 0.5) is 5.69 Å². The van der Waals surface area contributed by atoms with Crippen molar-refractivity contribution < 1.29 is 9.59 Å². The number of rotatable bonds is 7. The average Bonchev–Trinajstić information content (AvgIpc) is 2.78. The third-order valence-corrected chi connectivity index (χ3v) is 4.85. The van der Waals surface area contributed by atoms with Crippen LogP contribution in [0, 0.1) is 23.2 Å². The molecule has 0 saturated carbocycles. The second-order valence-electron chi connectivity index (χ2n) is 8.88. The van der Waals surface area contributed by atoms with E-state index in [9.17, 15) is 9.59 Å². The number of anilines is 1. The van der Waals surface area contributed by atoms with Crippen LogP contribution in [0.2, 0.25) is 5.02 Å². The molecule has 0 aliphatic carbocycles. The number of hydrogen-bond acceptors (Lipinski definition) is 3. The Morgan fingerprint density at radius 1 is 1.18 bits per heavy atom. The molecule has 0 spiro atoms. The Balaban J connectivity index is 2.30. The molecule has 174 valence electrons. The van der Waals surface area contributed by atoms with E-state index in [1.54, 1.807) is 25.2 Å². The lowest BCUT2D eigenvalue weighted by atomic mass is 9.97. The molecule has 6 nitrogen and oxygen atoms in total. The molecule has 0 aliphatic rings. The van der Waals surface area contributed by atoms with Crippen LogP contribution in [0.25, 0.3) is 0 Å². The molecule has 2 amide bonds. The van der Waals surface area contributed by atoms with E-state index in [1.807, 2.05) is 38.1 Å². The van der Waals surface area contributed by atoms with Crippen molar-refractivity contribution in [2.24, 2.45) is 16.4 Å². The Morgan fingerprint density at radius 3 is 2.39 bits per heavy atom. The van der Waals surface area contributed by atoms with Crippen molar-refractivity contribution in [1.29, 1.82) is 0 Å². The van der Waals surface area contributed by atoms with E-state index >= 15 is 0 Å². The number of halogens is 1. The van der Waals surface area contributed by atoms with Gasteiger partial charge in [-0.05, 0) is 62.7 Å². The van der Waals surface area contributed by atoms with Crippen LogP contribution in [-0.4, -0.2) is 25.2 Å². The zero-order chi connectivity index (χ0) is 24.6. The van der Waals surface area contributed by atoms with Gasteiger partial charge in [-0.25, -0.2) is 0 Å². The maximum absolute atomic E-state index is 11.9. The van der Waals surface area contributed by atoms with E-state index in [0.717, 1.165) is 16.7 Å². The molecule has 0 bridgehead atoms. The molecule has 0 atom stereocenters. The summed E-state index contributed by atoms with van der Waals surface area (Å²) in [5.41, 5.74) is 2.84. The third-order valence-electron chi connectivity index (χ3n) is 4.53. The van der Waals surface area contributed by atoms with E-state index in [2.05, 4.69) is 48.3 Å². The molecule has 0 radical (unpaired) electrons. The molecular weight excluding hydrogens is 436 g/mol. The van der Waals surface area contributed by atoms with E-state index in [0.29, 0.717) is 29.5 Å². The molecule has 0 aliphatic heterocycles. The monoisotopic (exact) mass is 466 g/mol. The topological polar surface area (TPSA) is 73.8 Å². The van der Waals surface area contributed by atoms with Gasteiger partial charge in [0, 0.05) is 36.1 Å². The molecule has 0 heterocycles. The molecule has 2 aromatic carbocycles. The molecular formula is C26H31ClN4O2. The van der Waals surface area contributed by atoms with Gasteiger partial charge in [0.1, 0.15) is 0 Å². The largest absolute Gasteiger partial charge is 0.371 e. The minimum atomic E-state index is -0.114. The van der Waals surface area contributed by atoms with Crippen molar-refractivity contribution in [3.63, 3.8) is 0 Å². The SMILES string of the molecule is CN/C(=N\N(C=O)c1cc(CNC(=O)C(C)C)ccc1Cl)c1ccc(C#CC(C)(C)C)cc1. The highest BCUT2D eigenvalue weighted by Gasteiger charge is 2.13. The molecule has 2 aromatic rings. The maximum atomic E-state index is 11.9. The van der Waals surface area contributed by atoms with Crippen molar-refractivity contribution in [3.05, 3.63) is 64.2 Å². The van der Waals surface area contributed by atoms with Gasteiger partial charge in [-0.1, -0.05) is 43.4 Å². The number of amidine groups is 1.